The number of halogens is 5. The van der Waals surface area contributed by atoms with Gasteiger partial charge in [-0.2, -0.15) is 8.78 Å². The monoisotopic (exact) mass is 343 g/mol. The van der Waals surface area contributed by atoms with Crippen LogP contribution in [0, 0.1) is 0 Å². The van der Waals surface area contributed by atoms with Crippen LogP contribution < -0.4 is 4.74 Å². The number of nitrogens with zero attached hydrogens (tertiary/aromatic N) is 3. The summed E-state index contributed by atoms with van der Waals surface area (Å²) in [4.78, 5) is 7.78. The molecule has 0 N–H and O–H groups in total. The number of ether oxygens (including phenoxy) is 1. The second-order valence-corrected chi connectivity index (χ2v) is 5.12. The molecule has 0 unspecified atom stereocenters. The second kappa shape index (κ2) is 5.43. The molecule has 1 aromatic carbocycles. The Hall–Kier alpha value is -2.71. The highest BCUT2D eigenvalue weighted by Crippen LogP contribution is 2.31. The molecule has 0 atom stereocenters. The van der Waals surface area contributed by atoms with Crippen molar-refractivity contribution in [2.24, 2.45) is 0 Å². The summed E-state index contributed by atoms with van der Waals surface area (Å²) in [7, 11) is 0. The van der Waals surface area contributed by atoms with Crippen LogP contribution in [-0.4, -0.2) is 20.7 Å². The molecule has 0 aliphatic rings. The zero-order valence-corrected chi connectivity index (χ0v) is 12.2. The molecule has 2 aromatic heterocycles. The van der Waals surface area contributed by atoms with Gasteiger partial charge in [-0.15, -0.1) is 13.2 Å². The molecule has 24 heavy (non-hydrogen) atoms. The molecule has 0 radical (unpaired) electrons. The molecular weight excluding hydrogens is 333 g/mol. The highest BCUT2D eigenvalue weighted by Gasteiger charge is 2.31. The Bertz CT molecular complexity index is 865. The molecule has 3 aromatic rings. The zero-order chi connectivity index (χ0) is 17.5. The first-order valence-corrected chi connectivity index (χ1v) is 6.71. The van der Waals surface area contributed by atoms with Crippen LogP contribution in [0.1, 0.15) is 12.6 Å². The Labute approximate surface area is 132 Å². The van der Waals surface area contributed by atoms with Gasteiger partial charge in [0.25, 0.3) is 5.92 Å². The van der Waals surface area contributed by atoms with Crippen molar-refractivity contribution >= 4 is 5.52 Å². The fourth-order valence-electron chi connectivity index (χ4n) is 2.22. The third kappa shape index (κ3) is 3.29. The zero-order valence-electron chi connectivity index (χ0n) is 12.2. The summed E-state index contributed by atoms with van der Waals surface area (Å²) in [5, 5.41) is 0. The maximum Gasteiger partial charge on any atom is 0.573 e. The highest BCUT2D eigenvalue weighted by atomic mass is 19.4. The minimum atomic E-state index is -4.78. The van der Waals surface area contributed by atoms with Crippen molar-refractivity contribution in [2.45, 2.75) is 19.2 Å². The lowest BCUT2D eigenvalue weighted by Crippen LogP contribution is -2.16. The van der Waals surface area contributed by atoms with E-state index in [2.05, 4.69) is 14.7 Å². The Kier molecular flexibility index (Phi) is 3.66. The number of hydrogen-bond donors (Lipinski definition) is 0. The molecule has 3 rings (SSSR count). The molecule has 2 heterocycles. The van der Waals surface area contributed by atoms with E-state index >= 15 is 0 Å². The van der Waals surface area contributed by atoms with Gasteiger partial charge < -0.3 is 4.74 Å². The van der Waals surface area contributed by atoms with Crippen LogP contribution in [0.2, 0.25) is 0 Å². The topological polar surface area (TPSA) is 39.4 Å². The maximum atomic E-state index is 13.5. The maximum absolute atomic E-state index is 13.5. The van der Waals surface area contributed by atoms with Crippen LogP contribution in [-0.2, 0) is 5.92 Å². The lowest BCUT2D eigenvalue weighted by atomic mass is 10.1. The van der Waals surface area contributed by atoms with Gasteiger partial charge in [0.2, 0.25) is 0 Å². The quantitative estimate of drug-likeness (QED) is 0.662. The van der Waals surface area contributed by atoms with E-state index in [1.54, 1.807) is 0 Å². The van der Waals surface area contributed by atoms with Crippen molar-refractivity contribution in [3.05, 3.63) is 48.7 Å². The van der Waals surface area contributed by atoms with E-state index in [1.807, 2.05) is 0 Å². The van der Waals surface area contributed by atoms with Crippen molar-refractivity contribution in [1.29, 1.82) is 0 Å². The lowest BCUT2D eigenvalue weighted by molar-refractivity contribution is -0.274. The van der Waals surface area contributed by atoms with Crippen LogP contribution in [0.25, 0.3) is 16.8 Å². The summed E-state index contributed by atoms with van der Waals surface area (Å²) in [6.07, 6.45) is -2.25. The Morgan fingerprint density at radius 2 is 1.58 bits per heavy atom. The number of fused-ring (bicyclic) bond motifs is 1. The predicted molar refractivity (Wildman–Crippen MR) is 74.7 cm³/mol. The van der Waals surface area contributed by atoms with Gasteiger partial charge in [-0.1, -0.05) is 0 Å². The molecule has 0 spiro atoms. The first kappa shape index (κ1) is 16.2. The van der Waals surface area contributed by atoms with Crippen molar-refractivity contribution < 1.29 is 26.7 Å². The van der Waals surface area contributed by atoms with Crippen molar-refractivity contribution in [3.8, 4) is 17.0 Å². The van der Waals surface area contributed by atoms with E-state index in [9.17, 15) is 22.0 Å². The number of benzene rings is 1. The van der Waals surface area contributed by atoms with Crippen LogP contribution in [0.15, 0.2) is 43.0 Å². The normalized spacial score (nSPS) is 12.6. The van der Waals surface area contributed by atoms with Crippen LogP contribution in [0.3, 0.4) is 0 Å². The molecule has 0 saturated heterocycles. The van der Waals surface area contributed by atoms with E-state index in [4.69, 9.17) is 0 Å². The molecule has 0 aliphatic heterocycles. The summed E-state index contributed by atoms with van der Waals surface area (Å²) in [5.74, 6) is -3.50. The van der Waals surface area contributed by atoms with Crippen LogP contribution in [0.5, 0.6) is 5.75 Å². The van der Waals surface area contributed by atoms with Crippen molar-refractivity contribution in [2.75, 3.05) is 0 Å². The average Bonchev–Trinajstić information content (AvgIpc) is 2.89. The fraction of sp³-hybridized carbons (Fsp3) is 0.200. The van der Waals surface area contributed by atoms with Gasteiger partial charge in [0.1, 0.15) is 24.1 Å². The van der Waals surface area contributed by atoms with E-state index in [0.717, 1.165) is 19.1 Å². The van der Waals surface area contributed by atoms with E-state index in [-0.39, 0.29) is 11.3 Å². The highest BCUT2D eigenvalue weighted by molar-refractivity contribution is 5.67. The Balaban J connectivity index is 1.97. The summed E-state index contributed by atoms with van der Waals surface area (Å²) in [6.45, 7) is 0.735. The van der Waals surface area contributed by atoms with Crippen LogP contribution in [0.4, 0.5) is 22.0 Å². The summed E-state index contributed by atoms with van der Waals surface area (Å²) < 4.78 is 68.6. The SMILES string of the molecule is CC(F)(F)c1ncn2cnc(-c3ccc(OC(F)(F)F)cc3)cc12. The molecule has 0 saturated carbocycles. The van der Waals surface area contributed by atoms with Gasteiger partial charge in [-0.05, 0) is 30.3 Å². The van der Waals surface area contributed by atoms with Gasteiger partial charge in [0, 0.05) is 12.5 Å². The van der Waals surface area contributed by atoms with Crippen molar-refractivity contribution in [1.82, 2.24) is 14.4 Å². The number of rotatable bonds is 3. The minimum absolute atomic E-state index is 0.170. The molecule has 0 bridgehead atoms. The Morgan fingerprint density at radius 1 is 0.958 bits per heavy atom. The summed E-state index contributed by atoms with van der Waals surface area (Å²) in [6, 6.07) is 6.38. The predicted octanol–water partition coefficient (Wildman–Crippen LogP) is 4.41. The molecule has 4 nitrogen and oxygen atoms in total. The van der Waals surface area contributed by atoms with Crippen LogP contribution >= 0.6 is 0 Å². The minimum Gasteiger partial charge on any atom is -0.406 e. The number of aromatic nitrogens is 3. The van der Waals surface area contributed by atoms with Gasteiger partial charge in [-0.25, -0.2) is 9.97 Å². The van der Waals surface area contributed by atoms with Crippen molar-refractivity contribution in [3.63, 3.8) is 0 Å². The smallest absolute Gasteiger partial charge is 0.406 e. The fourth-order valence-corrected chi connectivity index (χ4v) is 2.22. The molecular formula is C15H10F5N3O. The number of alkyl halides is 5. The van der Waals surface area contributed by atoms with Gasteiger partial charge in [-0.3, -0.25) is 4.40 Å². The molecule has 0 aliphatic carbocycles. The number of hydrogen-bond acceptors (Lipinski definition) is 3. The van der Waals surface area contributed by atoms with Gasteiger partial charge >= 0.3 is 6.36 Å². The second-order valence-electron chi connectivity index (χ2n) is 5.12. The summed E-state index contributed by atoms with van der Waals surface area (Å²) in [5.41, 5.74) is 0.553. The molecule has 126 valence electrons. The Morgan fingerprint density at radius 3 is 2.17 bits per heavy atom. The molecule has 9 heteroatoms. The van der Waals surface area contributed by atoms with Gasteiger partial charge in [0.05, 0.1) is 11.2 Å². The van der Waals surface area contributed by atoms with E-state index < -0.39 is 18.0 Å². The van der Waals surface area contributed by atoms with Gasteiger partial charge in [0.15, 0.2) is 0 Å². The average molecular weight is 343 g/mol. The largest absolute Gasteiger partial charge is 0.573 e. The third-order valence-electron chi connectivity index (χ3n) is 3.23. The summed E-state index contributed by atoms with van der Waals surface area (Å²) >= 11 is 0. The molecule has 0 amide bonds. The first-order chi connectivity index (χ1) is 11.1. The standard InChI is InChI=1S/C15H10F5N3O/c1-14(16,17)13-12-6-11(21-7-23(12)8-22-13)9-2-4-10(5-3-9)24-15(18,19)20/h2-8H,1H3. The van der Waals surface area contributed by atoms with E-state index in [1.165, 1.54) is 35.3 Å². The first-order valence-electron chi connectivity index (χ1n) is 6.71. The lowest BCUT2D eigenvalue weighted by Gasteiger charge is -2.10. The third-order valence-corrected chi connectivity index (χ3v) is 3.23. The number of imidazole rings is 1. The molecule has 0 fully saturated rings. The van der Waals surface area contributed by atoms with E-state index in [0.29, 0.717) is 11.3 Å².